The molecule has 0 spiro atoms. The molecule has 0 unspecified atom stereocenters. The van der Waals surface area contributed by atoms with Crippen LogP contribution in [0.25, 0.3) is 0 Å². The van der Waals surface area contributed by atoms with Crippen molar-refractivity contribution in [2.45, 2.75) is 32.2 Å². The van der Waals surface area contributed by atoms with E-state index in [1.807, 2.05) is 6.20 Å². The van der Waals surface area contributed by atoms with E-state index in [4.69, 9.17) is 10.8 Å². The van der Waals surface area contributed by atoms with Gasteiger partial charge in [0.05, 0.1) is 12.2 Å². The number of aromatic nitrogens is 3. The summed E-state index contributed by atoms with van der Waals surface area (Å²) in [4.78, 5) is 10.3. The fourth-order valence-electron chi connectivity index (χ4n) is 1.28. The van der Waals surface area contributed by atoms with Crippen molar-refractivity contribution in [2.24, 2.45) is 5.73 Å². The van der Waals surface area contributed by atoms with Crippen molar-refractivity contribution in [2.75, 3.05) is 6.54 Å². The van der Waals surface area contributed by atoms with Gasteiger partial charge in [-0.15, -0.1) is 5.10 Å². The average Bonchev–Trinajstić information content (AvgIpc) is 2.61. The molecule has 0 fully saturated rings. The van der Waals surface area contributed by atoms with Crippen molar-refractivity contribution in [3.05, 3.63) is 11.9 Å². The molecular weight excluding hydrogens is 196 g/mol. The lowest BCUT2D eigenvalue weighted by Crippen LogP contribution is -2.10. The van der Waals surface area contributed by atoms with E-state index in [-0.39, 0.29) is 6.42 Å². The highest BCUT2D eigenvalue weighted by Gasteiger charge is 2.01. The summed E-state index contributed by atoms with van der Waals surface area (Å²) in [6.07, 6.45) is 4.36. The molecule has 0 aliphatic carbocycles. The van der Waals surface area contributed by atoms with Crippen molar-refractivity contribution in [1.29, 1.82) is 0 Å². The first-order valence-electron chi connectivity index (χ1n) is 5.03. The lowest BCUT2D eigenvalue weighted by molar-refractivity contribution is -0.137. The molecule has 0 amide bonds. The predicted molar refractivity (Wildman–Crippen MR) is 54.3 cm³/mol. The molecule has 0 aliphatic rings. The maximum atomic E-state index is 10.3. The minimum atomic E-state index is -0.748. The van der Waals surface area contributed by atoms with Gasteiger partial charge in [-0.25, -0.2) is 0 Å². The number of hydrogen-bond donors (Lipinski definition) is 2. The van der Waals surface area contributed by atoms with Gasteiger partial charge in [0.2, 0.25) is 0 Å². The molecule has 84 valence electrons. The topological polar surface area (TPSA) is 94.0 Å². The third kappa shape index (κ3) is 4.55. The Hall–Kier alpha value is -1.43. The van der Waals surface area contributed by atoms with Crippen LogP contribution in [0.5, 0.6) is 0 Å². The Kier molecular flexibility index (Phi) is 4.76. The zero-order valence-corrected chi connectivity index (χ0v) is 8.59. The number of nitrogens with zero attached hydrogens (tertiary/aromatic N) is 3. The number of carbonyl (C=O) groups is 1. The van der Waals surface area contributed by atoms with E-state index >= 15 is 0 Å². The lowest BCUT2D eigenvalue weighted by atomic mass is 10.1. The molecule has 0 saturated carbocycles. The van der Waals surface area contributed by atoms with Crippen LogP contribution in [-0.4, -0.2) is 32.6 Å². The summed E-state index contributed by atoms with van der Waals surface area (Å²) in [5, 5.41) is 16.3. The molecule has 3 N–H and O–H groups in total. The molecular formula is C9H16N4O2. The highest BCUT2D eigenvalue weighted by atomic mass is 16.4. The van der Waals surface area contributed by atoms with Crippen molar-refractivity contribution in [1.82, 2.24) is 15.0 Å². The highest BCUT2D eigenvalue weighted by Crippen LogP contribution is 2.03. The fraction of sp³-hybridized carbons (Fsp3) is 0.667. The number of carboxylic acid groups (broad SMARTS) is 1. The zero-order valence-electron chi connectivity index (χ0n) is 8.59. The fourth-order valence-corrected chi connectivity index (χ4v) is 1.28. The molecule has 15 heavy (non-hydrogen) atoms. The number of nitrogens with two attached hydrogens (primary N) is 1. The van der Waals surface area contributed by atoms with Crippen LogP contribution in [0.4, 0.5) is 0 Å². The Morgan fingerprint density at radius 1 is 1.53 bits per heavy atom. The van der Waals surface area contributed by atoms with E-state index in [0.29, 0.717) is 19.5 Å². The maximum absolute atomic E-state index is 10.3. The minimum absolute atomic E-state index is 0.219. The first-order chi connectivity index (χ1) is 7.22. The number of aliphatic carboxylic acids is 1. The molecule has 0 aromatic carbocycles. The van der Waals surface area contributed by atoms with E-state index in [0.717, 1.165) is 18.5 Å². The second kappa shape index (κ2) is 6.13. The van der Waals surface area contributed by atoms with Crippen LogP contribution in [0.2, 0.25) is 0 Å². The summed E-state index contributed by atoms with van der Waals surface area (Å²) in [6, 6.07) is 0. The second-order valence-corrected chi connectivity index (χ2v) is 3.36. The minimum Gasteiger partial charge on any atom is -0.481 e. The SMILES string of the molecule is NCCn1cc(CCCCC(=O)O)nn1. The normalized spacial score (nSPS) is 10.5. The average molecular weight is 212 g/mol. The summed E-state index contributed by atoms with van der Waals surface area (Å²) < 4.78 is 1.70. The smallest absolute Gasteiger partial charge is 0.303 e. The van der Waals surface area contributed by atoms with Gasteiger partial charge in [0.1, 0.15) is 0 Å². The van der Waals surface area contributed by atoms with Crippen LogP contribution < -0.4 is 5.73 Å². The molecule has 0 aliphatic heterocycles. The van der Waals surface area contributed by atoms with Gasteiger partial charge in [-0.1, -0.05) is 5.21 Å². The Morgan fingerprint density at radius 2 is 2.33 bits per heavy atom. The summed E-state index contributed by atoms with van der Waals surface area (Å²) in [7, 11) is 0. The molecule has 0 atom stereocenters. The lowest BCUT2D eigenvalue weighted by Gasteiger charge is -1.95. The van der Waals surface area contributed by atoms with Gasteiger partial charge in [-0.3, -0.25) is 9.48 Å². The molecule has 6 nitrogen and oxygen atoms in total. The predicted octanol–water partition coefficient (Wildman–Crippen LogP) is 0.0342. The van der Waals surface area contributed by atoms with Gasteiger partial charge in [-0.05, 0) is 19.3 Å². The molecule has 1 aromatic heterocycles. The van der Waals surface area contributed by atoms with Gasteiger partial charge in [0.15, 0.2) is 0 Å². The van der Waals surface area contributed by atoms with E-state index in [9.17, 15) is 4.79 Å². The maximum Gasteiger partial charge on any atom is 0.303 e. The summed E-state index contributed by atoms with van der Waals surface area (Å²) in [5.74, 6) is -0.748. The van der Waals surface area contributed by atoms with Crippen LogP contribution in [0, 0.1) is 0 Å². The van der Waals surface area contributed by atoms with Crippen LogP contribution in [-0.2, 0) is 17.8 Å². The highest BCUT2D eigenvalue weighted by molar-refractivity contribution is 5.66. The number of rotatable bonds is 7. The van der Waals surface area contributed by atoms with Gasteiger partial charge < -0.3 is 10.8 Å². The number of aryl methyl sites for hydroxylation is 1. The van der Waals surface area contributed by atoms with E-state index in [1.165, 1.54) is 0 Å². The Labute approximate surface area is 88.1 Å². The molecule has 1 rings (SSSR count). The van der Waals surface area contributed by atoms with Gasteiger partial charge in [-0.2, -0.15) is 0 Å². The number of unbranched alkanes of at least 4 members (excludes halogenated alkanes) is 1. The van der Waals surface area contributed by atoms with Crippen LogP contribution >= 0.6 is 0 Å². The summed E-state index contributed by atoms with van der Waals surface area (Å²) in [6.45, 7) is 1.21. The standard InChI is InChI=1S/C9H16N4O2/c10-5-6-13-7-8(11-12-13)3-1-2-4-9(14)15/h7H,1-6,10H2,(H,14,15). The van der Waals surface area contributed by atoms with Crippen LogP contribution in [0.15, 0.2) is 6.20 Å². The number of hydrogen-bond acceptors (Lipinski definition) is 4. The number of carboxylic acids is 1. The van der Waals surface area contributed by atoms with Gasteiger partial charge >= 0.3 is 5.97 Å². The van der Waals surface area contributed by atoms with E-state index in [2.05, 4.69) is 10.3 Å². The third-order valence-electron chi connectivity index (χ3n) is 2.02. The van der Waals surface area contributed by atoms with Gasteiger partial charge in [0.25, 0.3) is 0 Å². The van der Waals surface area contributed by atoms with Crippen molar-refractivity contribution >= 4 is 5.97 Å². The van der Waals surface area contributed by atoms with Crippen molar-refractivity contribution < 1.29 is 9.90 Å². The largest absolute Gasteiger partial charge is 0.481 e. The molecule has 6 heteroatoms. The first kappa shape index (κ1) is 11.6. The summed E-state index contributed by atoms with van der Waals surface area (Å²) >= 11 is 0. The van der Waals surface area contributed by atoms with Crippen molar-refractivity contribution in [3.8, 4) is 0 Å². The molecule has 0 saturated heterocycles. The van der Waals surface area contributed by atoms with E-state index in [1.54, 1.807) is 4.68 Å². The Bertz CT molecular complexity index is 311. The Balaban J connectivity index is 2.22. The monoisotopic (exact) mass is 212 g/mol. The first-order valence-corrected chi connectivity index (χ1v) is 5.03. The molecule has 1 heterocycles. The quantitative estimate of drug-likeness (QED) is 0.622. The van der Waals surface area contributed by atoms with Crippen molar-refractivity contribution in [3.63, 3.8) is 0 Å². The molecule has 1 aromatic rings. The van der Waals surface area contributed by atoms with Crippen LogP contribution in [0.1, 0.15) is 25.0 Å². The third-order valence-corrected chi connectivity index (χ3v) is 2.02. The van der Waals surface area contributed by atoms with Gasteiger partial charge in [0, 0.05) is 19.2 Å². The van der Waals surface area contributed by atoms with Crippen LogP contribution in [0.3, 0.4) is 0 Å². The zero-order chi connectivity index (χ0) is 11.1. The Morgan fingerprint density at radius 3 is 3.00 bits per heavy atom. The second-order valence-electron chi connectivity index (χ2n) is 3.36. The van der Waals surface area contributed by atoms with E-state index < -0.39 is 5.97 Å². The molecule has 0 radical (unpaired) electrons. The summed E-state index contributed by atoms with van der Waals surface area (Å²) in [5.41, 5.74) is 6.27. The molecule has 0 bridgehead atoms.